The molecule has 0 aliphatic carbocycles. The Hall–Kier alpha value is -2.30. The summed E-state index contributed by atoms with van der Waals surface area (Å²) in [7, 11) is -3.48. The predicted molar refractivity (Wildman–Crippen MR) is 93.5 cm³/mol. The molecule has 0 radical (unpaired) electrons. The van der Waals surface area contributed by atoms with Crippen LogP contribution in [0, 0.1) is 11.6 Å². The third-order valence-corrected chi connectivity index (χ3v) is 5.16. The van der Waals surface area contributed by atoms with E-state index in [-0.39, 0.29) is 26.8 Å². The minimum absolute atomic E-state index is 0.00260. The molecule has 0 amide bonds. The molecule has 0 bridgehead atoms. The van der Waals surface area contributed by atoms with Gasteiger partial charge in [0.05, 0.1) is 22.8 Å². The first kappa shape index (κ1) is 18.5. The molecule has 3 rings (SSSR count). The lowest BCUT2D eigenvalue weighted by atomic mass is 10.2. The fraction of sp³-hybridized carbons (Fsp3) is 0.0625. The second-order valence-corrected chi connectivity index (χ2v) is 7.51. The summed E-state index contributed by atoms with van der Waals surface area (Å²) < 4.78 is 66.1. The normalized spacial score (nSPS) is 11.7. The van der Waals surface area contributed by atoms with Crippen LogP contribution in [0.25, 0.3) is 16.6 Å². The molecule has 1 aromatic heterocycles. The minimum atomic E-state index is -4.79. The topological polar surface area (TPSA) is 85.6 Å². The van der Waals surface area contributed by atoms with Gasteiger partial charge in [0, 0.05) is 23.6 Å². The highest BCUT2D eigenvalue weighted by Gasteiger charge is 2.20. The highest BCUT2D eigenvalue weighted by Crippen LogP contribution is 2.31. The zero-order valence-electron chi connectivity index (χ0n) is 13.0. The lowest BCUT2D eigenvalue weighted by molar-refractivity contribution is 0.411. The van der Waals surface area contributed by atoms with Crippen LogP contribution in [0.4, 0.5) is 8.78 Å². The Bertz CT molecular complexity index is 1210. The number of pyridine rings is 1. The SMILES string of the molecule is COc1cc(Br)c(F)cc1-n1c(=O)ccc2cc(S(=O)(=O)O)c(F)cc21. The van der Waals surface area contributed by atoms with Gasteiger partial charge in [0.2, 0.25) is 0 Å². The lowest BCUT2D eigenvalue weighted by Crippen LogP contribution is -2.19. The van der Waals surface area contributed by atoms with E-state index in [1.165, 1.54) is 19.2 Å². The Kier molecular flexibility index (Phi) is 4.59. The van der Waals surface area contributed by atoms with Gasteiger partial charge in [-0.15, -0.1) is 0 Å². The van der Waals surface area contributed by atoms with Crippen LogP contribution in [0.1, 0.15) is 0 Å². The van der Waals surface area contributed by atoms with E-state index >= 15 is 0 Å². The first-order chi connectivity index (χ1) is 12.1. The number of rotatable bonds is 3. The van der Waals surface area contributed by atoms with Gasteiger partial charge in [-0.3, -0.25) is 13.9 Å². The smallest absolute Gasteiger partial charge is 0.297 e. The molecule has 0 atom stereocenters. The van der Waals surface area contributed by atoms with Gasteiger partial charge < -0.3 is 4.74 Å². The van der Waals surface area contributed by atoms with Crippen LogP contribution < -0.4 is 10.3 Å². The van der Waals surface area contributed by atoms with E-state index < -0.39 is 32.2 Å². The Morgan fingerprint density at radius 3 is 2.42 bits per heavy atom. The molecule has 0 unspecified atom stereocenters. The van der Waals surface area contributed by atoms with E-state index in [1.807, 2.05) is 0 Å². The molecule has 10 heteroatoms. The van der Waals surface area contributed by atoms with Crippen LogP contribution in [0.15, 0.2) is 50.6 Å². The van der Waals surface area contributed by atoms with E-state index in [9.17, 15) is 22.0 Å². The molecule has 0 saturated carbocycles. The number of aromatic nitrogens is 1. The van der Waals surface area contributed by atoms with Crippen molar-refractivity contribution in [2.24, 2.45) is 0 Å². The maximum absolute atomic E-state index is 14.2. The van der Waals surface area contributed by atoms with Crippen molar-refractivity contribution < 1.29 is 26.5 Å². The zero-order chi connectivity index (χ0) is 19.2. The molecule has 0 spiro atoms. The standard InChI is InChI=1S/C16H10BrF2NO5S/c1-25-14-5-9(17)10(18)6-13(14)20-12-7-11(19)15(26(22,23)24)4-8(12)2-3-16(20)21/h2-7H,1H3,(H,22,23,24). The number of benzene rings is 2. The van der Waals surface area contributed by atoms with Gasteiger partial charge in [0.1, 0.15) is 22.3 Å². The van der Waals surface area contributed by atoms with Crippen molar-refractivity contribution in [3.63, 3.8) is 0 Å². The number of halogens is 3. The Balaban J connectivity index is 2.45. The second-order valence-electron chi connectivity index (χ2n) is 5.26. The second kappa shape index (κ2) is 6.45. The van der Waals surface area contributed by atoms with Crippen LogP contribution in [-0.4, -0.2) is 24.6 Å². The zero-order valence-corrected chi connectivity index (χ0v) is 15.4. The van der Waals surface area contributed by atoms with E-state index in [0.717, 1.165) is 28.8 Å². The van der Waals surface area contributed by atoms with Crippen molar-refractivity contribution in [1.29, 1.82) is 0 Å². The highest BCUT2D eigenvalue weighted by molar-refractivity contribution is 9.10. The van der Waals surface area contributed by atoms with Gasteiger partial charge in [0.15, 0.2) is 0 Å². The van der Waals surface area contributed by atoms with Crippen molar-refractivity contribution in [2.45, 2.75) is 4.90 Å². The monoisotopic (exact) mass is 445 g/mol. The van der Waals surface area contributed by atoms with Gasteiger partial charge in [-0.2, -0.15) is 8.42 Å². The van der Waals surface area contributed by atoms with E-state index in [4.69, 9.17) is 9.29 Å². The molecule has 0 fully saturated rings. The first-order valence-electron chi connectivity index (χ1n) is 6.99. The molecule has 136 valence electrons. The van der Waals surface area contributed by atoms with Crippen molar-refractivity contribution in [1.82, 2.24) is 4.57 Å². The number of ether oxygens (including phenoxy) is 1. The molecule has 1 N–H and O–H groups in total. The van der Waals surface area contributed by atoms with Crippen molar-refractivity contribution in [2.75, 3.05) is 7.11 Å². The number of nitrogens with zero attached hydrogens (tertiary/aromatic N) is 1. The third kappa shape index (κ3) is 3.11. The van der Waals surface area contributed by atoms with Crippen molar-refractivity contribution in [3.05, 3.63) is 62.9 Å². The van der Waals surface area contributed by atoms with Gasteiger partial charge in [-0.25, -0.2) is 8.78 Å². The fourth-order valence-corrected chi connectivity index (χ4v) is 3.45. The van der Waals surface area contributed by atoms with Crippen LogP contribution in [-0.2, 0) is 10.1 Å². The summed E-state index contributed by atoms with van der Waals surface area (Å²) in [4.78, 5) is 11.4. The number of methoxy groups -OCH3 is 1. The average molecular weight is 446 g/mol. The molecule has 2 aromatic carbocycles. The highest BCUT2D eigenvalue weighted by atomic mass is 79.9. The molecule has 0 aliphatic rings. The molecule has 0 saturated heterocycles. The van der Waals surface area contributed by atoms with Gasteiger partial charge in [0.25, 0.3) is 15.7 Å². The number of fused-ring (bicyclic) bond motifs is 1. The average Bonchev–Trinajstić information content (AvgIpc) is 2.55. The van der Waals surface area contributed by atoms with Crippen LogP contribution in [0.3, 0.4) is 0 Å². The molecule has 3 aromatic rings. The van der Waals surface area contributed by atoms with Gasteiger partial charge in [-0.05, 0) is 34.1 Å². The Morgan fingerprint density at radius 1 is 1.12 bits per heavy atom. The summed E-state index contributed by atoms with van der Waals surface area (Å²) in [6, 6.07) is 6.37. The number of hydrogen-bond donors (Lipinski definition) is 1. The van der Waals surface area contributed by atoms with Crippen molar-refractivity contribution >= 4 is 37.0 Å². The summed E-state index contributed by atoms with van der Waals surface area (Å²) in [5.41, 5.74) is -0.637. The Morgan fingerprint density at radius 2 is 1.81 bits per heavy atom. The first-order valence-corrected chi connectivity index (χ1v) is 9.23. The third-order valence-electron chi connectivity index (χ3n) is 3.69. The number of hydrogen-bond acceptors (Lipinski definition) is 4. The van der Waals surface area contributed by atoms with E-state index in [2.05, 4.69) is 15.9 Å². The van der Waals surface area contributed by atoms with Crippen LogP contribution in [0.2, 0.25) is 0 Å². The summed E-state index contributed by atoms with van der Waals surface area (Å²) in [6.45, 7) is 0. The molecule has 6 nitrogen and oxygen atoms in total. The maximum Gasteiger partial charge on any atom is 0.297 e. The van der Waals surface area contributed by atoms with E-state index in [0.29, 0.717) is 0 Å². The molecule has 1 heterocycles. The minimum Gasteiger partial charge on any atom is -0.495 e. The maximum atomic E-state index is 14.2. The Labute approximate surface area is 154 Å². The summed E-state index contributed by atoms with van der Waals surface area (Å²) in [5.74, 6) is -1.80. The summed E-state index contributed by atoms with van der Waals surface area (Å²) in [5, 5.41) is 0.143. The van der Waals surface area contributed by atoms with Crippen LogP contribution in [0.5, 0.6) is 5.75 Å². The van der Waals surface area contributed by atoms with Gasteiger partial charge >= 0.3 is 0 Å². The van der Waals surface area contributed by atoms with E-state index in [1.54, 1.807) is 0 Å². The quantitative estimate of drug-likeness (QED) is 0.625. The summed E-state index contributed by atoms with van der Waals surface area (Å²) in [6.07, 6.45) is 0. The predicted octanol–water partition coefficient (Wildman–Crippen LogP) is 3.29. The fourth-order valence-electron chi connectivity index (χ4n) is 2.54. The molecule has 26 heavy (non-hydrogen) atoms. The van der Waals surface area contributed by atoms with Crippen molar-refractivity contribution in [3.8, 4) is 11.4 Å². The lowest BCUT2D eigenvalue weighted by Gasteiger charge is -2.15. The van der Waals surface area contributed by atoms with Crippen LogP contribution >= 0.6 is 15.9 Å². The molecular weight excluding hydrogens is 436 g/mol. The largest absolute Gasteiger partial charge is 0.495 e. The molecular formula is C16H10BrF2NO5S. The van der Waals surface area contributed by atoms with Gasteiger partial charge in [-0.1, -0.05) is 0 Å². The summed E-state index contributed by atoms with van der Waals surface area (Å²) >= 11 is 3.01. The molecule has 0 aliphatic heterocycles.